The van der Waals surface area contributed by atoms with Crippen molar-refractivity contribution in [2.24, 2.45) is 0 Å². The standard InChI is InChI=1S/C32H35F2N3O3/c1-4-20-6-5-7-21(10-20)18-36-19-29(38)28(15-22-12-25(33)16-26(34)13-22)37-31(39)27-14-23(17-35)11-24-8-9-32(2,3)40-30(24)27/h5-7,10-14,16,28-29,36,38H,4,8-9,15,18-19H2,1-3H3,(H,37,39)/t28-,29+/m0/s1. The number of halogens is 2. The van der Waals surface area contributed by atoms with Crippen LogP contribution < -0.4 is 15.4 Å². The number of nitrogens with one attached hydrogen (secondary N) is 2. The number of hydrogen-bond acceptors (Lipinski definition) is 5. The van der Waals surface area contributed by atoms with E-state index in [2.05, 4.69) is 29.7 Å². The summed E-state index contributed by atoms with van der Waals surface area (Å²) in [7, 11) is 0. The van der Waals surface area contributed by atoms with Crippen molar-refractivity contribution in [1.82, 2.24) is 10.6 Å². The van der Waals surface area contributed by atoms with E-state index in [1.807, 2.05) is 32.0 Å². The van der Waals surface area contributed by atoms with Crippen LogP contribution in [0.2, 0.25) is 0 Å². The summed E-state index contributed by atoms with van der Waals surface area (Å²) in [6.07, 6.45) is 1.19. The van der Waals surface area contributed by atoms with Crippen molar-refractivity contribution in [2.75, 3.05) is 6.54 Å². The second kappa shape index (κ2) is 12.6. The number of aryl methyl sites for hydroxylation is 2. The molecule has 6 nitrogen and oxygen atoms in total. The normalized spacial score (nSPS) is 15.3. The lowest BCUT2D eigenvalue weighted by molar-refractivity contribution is 0.0749. The molecule has 0 aliphatic carbocycles. The van der Waals surface area contributed by atoms with Crippen LogP contribution in [0.1, 0.15) is 65.4 Å². The minimum absolute atomic E-state index is 0.0128. The Morgan fingerprint density at radius 1 is 1.10 bits per heavy atom. The average Bonchev–Trinajstić information content (AvgIpc) is 2.91. The molecule has 8 heteroatoms. The van der Waals surface area contributed by atoms with Crippen molar-refractivity contribution in [3.05, 3.63) is 99.6 Å². The fourth-order valence-electron chi connectivity index (χ4n) is 4.97. The summed E-state index contributed by atoms with van der Waals surface area (Å²) in [6.45, 7) is 6.57. The van der Waals surface area contributed by atoms with E-state index in [-0.39, 0.29) is 18.5 Å². The molecule has 4 rings (SSSR count). The third-order valence-corrected chi connectivity index (χ3v) is 7.16. The van der Waals surface area contributed by atoms with Crippen molar-refractivity contribution in [3.8, 4) is 11.8 Å². The van der Waals surface area contributed by atoms with Gasteiger partial charge in [-0.1, -0.05) is 31.2 Å². The third-order valence-electron chi connectivity index (χ3n) is 7.16. The highest BCUT2D eigenvalue weighted by Gasteiger charge is 2.32. The molecule has 3 aromatic carbocycles. The van der Waals surface area contributed by atoms with Crippen LogP contribution in [0.15, 0.2) is 54.6 Å². The van der Waals surface area contributed by atoms with E-state index in [9.17, 15) is 23.9 Å². The summed E-state index contributed by atoms with van der Waals surface area (Å²) >= 11 is 0. The van der Waals surface area contributed by atoms with Crippen LogP contribution in [0.5, 0.6) is 5.75 Å². The Labute approximate surface area is 234 Å². The quantitative estimate of drug-likeness (QED) is 0.332. The highest BCUT2D eigenvalue weighted by Crippen LogP contribution is 2.37. The number of carbonyl (C=O) groups is 1. The first kappa shape index (κ1) is 29.2. The van der Waals surface area contributed by atoms with E-state index < -0.39 is 35.3 Å². The topological polar surface area (TPSA) is 94.4 Å². The number of hydrogen-bond donors (Lipinski definition) is 3. The Bertz CT molecular complexity index is 1400. The molecule has 0 radical (unpaired) electrons. The maximum absolute atomic E-state index is 14.0. The van der Waals surface area contributed by atoms with Gasteiger partial charge in [0, 0.05) is 19.2 Å². The number of aliphatic hydroxyl groups excluding tert-OH is 1. The number of aliphatic hydroxyl groups is 1. The largest absolute Gasteiger partial charge is 0.487 e. The van der Waals surface area contributed by atoms with Crippen LogP contribution in [-0.2, 0) is 25.8 Å². The molecule has 1 aliphatic heterocycles. The highest BCUT2D eigenvalue weighted by molar-refractivity contribution is 5.98. The van der Waals surface area contributed by atoms with Crippen molar-refractivity contribution in [2.45, 2.75) is 70.7 Å². The molecule has 0 aromatic heterocycles. The summed E-state index contributed by atoms with van der Waals surface area (Å²) in [4.78, 5) is 13.6. The van der Waals surface area contributed by atoms with E-state index in [0.717, 1.165) is 30.0 Å². The van der Waals surface area contributed by atoms with Gasteiger partial charge in [-0.25, -0.2) is 8.78 Å². The molecule has 0 unspecified atom stereocenters. The van der Waals surface area contributed by atoms with Crippen LogP contribution in [-0.4, -0.2) is 35.3 Å². The van der Waals surface area contributed by atoms with Gasteiger partial charge in [-0.05, 0) is 86.1 Å². The first-order chi connectivity index (χ1) is 19.1. The van der Waals surface area contributed by atoms with Crippen LogP contribution in [0.4, 0.5) is 8.78 Å². The maximum atomic E-state index is 14.0. The Morgan fingerprint density at radius 3 is 2.52 bits per heavy atom. The van der Waals surface area contributed by atoms with Crippen LogP contribution in [0.25, 0.3) is 0 Å². The van der Waals surface area contributed by atoms with Gasteiger partial charge in [0.05, 0.1) is 29.3 Å². The minimum Gasteiger partial charge on any atom is -0.487 e. The summed E-state index contributed by atoms with van der Waals surface area (Å²) in [6, 6.07) is 15.6. The minimum atomic E-state index is -1.09. The molecule has 1 amide bonds. The Kier molecular flexibility index (Phi) is 9.18. The van der Waals surface area contributed by atoms with Gasteiger partial charge in [0.15, 0.2) is 0 Å². The number of carbonyl (C=O) groups excluding carboxylic acids is 1. The molecule has 3 aromatic rings. The van der Waals surface area contributed by atoms with Crippen molar-refractivity contribution < 1.29 is 23.4 Å². The van der Waals surface area contributed by atoms with Gasteiger partial charge in [-0.2, -0.15) is 5.26 Å². The van der Waals surface area contributed by atoms with Gasteiger partial charge >= 0.3 is 0 Å². The highest BCUT2D eigenvalue weighted by atomic mass is 19.1. The number of ether oxygens (including phenoxy) is 1. The number of benzene rings is 3. The van der Waals surface area contributed by atoms with Crippen molar-refractivity contribution >= 4 is 5.91 Å². The third kappa shape index (κ3) is 7.44. The number of nitriles is 1. The molecule has 210 valence electrons. The molecule has 1 aliphatic rings. The monoisotopic (exact) mass is 547 g/mol. The number of fused-ring (bicyclic) bond motifs is 1. The van der Waals surface area contributed by atoms with Gasteiger partial charge in [0.25, 0.3) is 5.91 Å². The van der Waals surface area contributed by atoms with Gasteiger partial charge in [-0.15, -0.1) is 0 Å². The summed E-state index contributed by atoms with van der Waals surface area (Å²) in [5.74, 6) is -1.61. The fourth-order valence-corrected chi connectivity index (χ4v) is 4.97. The van der Waals surface area contributed by atoms with Crippen molar-refractivity contribution in [1.29, 1.82) is 5.26 Å². The van der Waals surface area contributed by atoms with E-state index in [1.54, 1.807) is 6.07 Å². The smallest absolute Gasteiger partial charge is 0.255 e. The van der Waals surface area contributed by atoms with Crippen molar-refractivity contribution in [3.63, 3.8) is 0 Å². The lowest BCUT2D eigenvalue weighted by atomic mass is 9.91. The summed E-state index contributed by atoms with van der Waals surface area (Å²) < 4.78 is 34.1. The maximum Gasteiger partial charge on any atom is 0.255 e. The fraction of sp³-hybridized carbons (Fsp3) is 0.375. The van der Waals surface area contributed by atoms with E-state index in [1.165, 1.54) is 23.8 Å². The molecule has 0 saturated heterocycles. The SMILES string of the molecule is CCc1cccc(CNC[C@@H](O)[C@H](Cc2cc(F)cc(F)c2)NC(=O)c2cc(C#N)cc3c2OC(C)(C)CC3)c1. The molecule has 2 atom stereocenters. The van der Waals surface area contributed by atoms with E-state index in [4.69, 9.17) is 4.74 Å². The summed E-state index contributed by atoms with van der Waals surface area (Å²) in [5, 5.41) is 26.8. The van der Waals surface area contributed by atoms with Gasteiger partial charge < -0.3 is 20.5 Å². The second-order valence-electron chi connectivity index (χ2n) is 10.9. The lowest BCUT2D eigenvalue weighted by Crippen LogP contribution is -2.49. The average molecular weight is 548 g/mol. The molecule has 0 spiro atoms. The Hall–Kier alpha value is -3.80. The van der Waals surface area contributed by atoms with Crippen LogP contribution >= 0.6 is 0 Å². The van der Waals surface area contributed by atoms with Gasteiger partial charge in [-0.3, -0.25) is 4.79 Å². The first-order valence-electron chi connectivity index (χ1n) is 13.6. The first-order valence-corrected chi connectivity index (χ1v) is 13.6. The van der Waals surface area contributed by atoms with Crippen LogP contribution in [0, 0.1) is 23.0 Å². The van der Waals surface area contributed by atoms with E-state index in [0.29, 0.717) is 29.8 Å². The number of rotatable bonds is 10. The number of nitrogens with zero attached hydrogens (tertiary/aromatic N) is 1. The zero-order valence-corrected chi connectivity index (χ0v) is 23.1. The Balaban J connectivity index is 1.57. The molecule has 0 fully saturated rings. The predicted molar refractivity (Wildman–Crippen MR) is 149 cm³/mol. The molecule has 0 bridgehead atoms. The molecule has 0 saturated carbocycles. The van der Waals surface area contributed by atoms with Gasteiger partial charge in [0.2, 0.25) is 0 Å². The molecule has 40 heavy (non-hydrogen) atoms. The van der Waals surface area contributed by atoms with Crippen LogP contribution in [0.3, 0.4) is 0 Å². The lowest BCUT2D eigenvalue weighted by Gasteiger charge is -2.34. The molecule has 3 N–H and O–H groups in total. The zero-order chi connectivity index (χ0) is 28.9. The van der Waals surface area contributed by atoms with E-state index >= 15 is 0 Å². The Morgan fingerprint density at radius 2 is 1.82 bits per heavy atom. The second-order valence-corrected chi connectivity index (χ2v) is 10.9. The molecular formula is C32H35F2N3O3. The zero-order valence-electron chi connectivity index (χ0n) is 23.1. The summed E-state index contributed by atoms with van der Waals surface area (Å²) in [5.41, 5.74) is 3.34. The van der Waals surface area contributed by atoms with Gasteiger partial charge in [0.1, 0.15) is 23.0 Å². The molecule has 1 heterocycles. The predicted octanol–water partition coefficient (Wildman–Crippen LogP) is 4.99. The molecular weight excluding hydrogens is 512 g/mol. The number of amides is 1.